The second-order valence-electron chi connectivity index (χ2n) is 6.00. The third-order valence-electron chi connectivity index (χ3n) is 3.92. The minimum Gasteiger partial charge on any atom is -0.493 e. The molecule has 2 aromatic carbocycles. The van der Waals surface area contributed by atoms with Gasteiger partial charge in [-0.1, -0.05) is 11.6 Å². The predicted octanol–water partition coefficient (Wildman–Crippen LogP) is 2.32. The van der Waals surface area contributed by atoms with Crippen LogP contribution in [0.25, 0.3) is 0 Å². The fraction of sp³-hybridized carbons (Fsp3) is 0.316. The summed E-state index contributed by atoms with van der Waals surface area (Å²) in [7, 11) is 5.22. The molecule has 0 aliphatic heterocycles. The molecular formula is C19H24ClN2O3+. The second kappa shape index (κ2) is 8.74. The largest absolute Gasteiger partial charge is 0.493 e. The van der Waals surface area contributed by atoms with Crippen LogP contribution in [0, 0.1) is 6.92 Å². The summed E-state index contributed by atoms with van der Waals surface area (Å²) in [6.07, 6.45) is 0. The highest BCUT2D eigenvalue weighted by atomic mass is 35.5. The number of ether oxygens (including phenoxy) is 2. The van der Waals surface area contributed by atoms with Crippen LogP contribution < -0.4 is 19.7 Å². The SMILES string of the molecule is COc1cc(C)c(C[NH+](C)CC(=O)Nc2ccc(Cl)cc2)cc1OC. The molecule has 2 aromatic rings. The summed E-state index contributed by atoms with van der Waals surface area (Å²) in [6.45, 7) is 3.09. The zero-order valence-corrected chi connectivity index (χ0v) is 15.7. The van der Waals surface area contributed by atoms with Crippen LogP contribution in [0.1, 0.15) is 11.1 Å². The molecule has 0 radical (unpaired) electrons. The molecule has 1 atom stereocenters. The monoisotopic (exact) mass is 363 g/mol. The molecule has 0 aliphatic carbocycles. The molecule has 0 saturated heterocycles. The van der Waals surface area contributed by atoms with E-state index in [2.05, 4.69) is 5.32 Å². The van der Waals surface area contributed by atoms with Gasteiger partial charge in [-0.3, -0.25) is 4.79 Å². The standard InChI is InChI=1S/C19H23ClN2O3/c1-13-9-17(24-3)18(25-4)10-14(13)11-22(2)12-19(23)21-16-7-5-15(20)6-8-16/h5-10H,11-12H2,1-4H3,(H,21,23)/p+1. The number of hydrogen-bond donors (Lipinski definition) is 2. The molecule has 0 spiro atoms. The van der Waals surface area contributed by atoms with Crippen LogP contribution >= 0.6 is 11.6 Å². The van der Waals surface area contributed by atoms with Crippen molar-refractivity contribution in [3.8, 4) is 11.5 Å². The van der Waals surface area contributed by atoms with E-state index in [1.54, 1.807) is 38.5 Å². The number of halogens is 1. The summed E-state index contributed by atoms with van der Waals surface area (Å²) in [5, 5.41) is 3.52. The van der Waals surface area contributed by atoms with Crippen molar-refractivity contribution in [1.82, 2.24) is 0 Å². The highest BCUT2D eigenvalue weighted by Crippen LogP contribution is 2.29. The van der Waals surface area contributed by atoms with Crippen molar-refractivity contribution in [1.29, 1.82) is 0 Å². The average Bonchev–Trinajstić information content (AvgIpc) is 2.58. The van der Waals surface area contributed by atoms with Gasteiger partial charge in [0.25, 0.3) is 5.91 Å². The number of benzene rings is 2. The van der Waals surface area contributed by atoms with Crippen LogP contribution in [0.15, 0.2) is 36.4 Å². The normalized spacial score (nSPS) is 11.7. The van der Waals surface area contributed by atoms with Gasteiger partial charge in [-0.05, 0) is 48.9 Å². The van der Waals surface area contributed by atoms with E-state index in [0.717, 1.165) is 21.7 Å². The number of nitrogens with one attached hydrogen (secondary N) is 2. The van der Waals surface area contributed by atoms with Crippen molar-refractivity contribution in [2.24, 2.45) is 0 Å². The summed E-state index contributed by atoms with van der Waals surface area (Å²) in [4.78, 5) is 13.3. The fourth-order valence-electron chi connectivity index (χ4n) is 2.61. The summed E-state index contributed by atoms with van der Waals surface area (Å²) in [5.74, 6) is 1.36. The van der Waals surface area contributed by atoms with Crippen molar-refractivity contribution in [3.63, 3.8) is 0 Å². The Morgan fingerprint density at radius 3 is 2.32 bits per heavy atom. The molecule has 25 heavy (non-hydrogen) atoms. The van der Waals surface area contributed by atoms with Crippen molar-refractivity contribution >= 4 is 23.2 Å². The lowest BCUT2D eigenvalue weighted by Gasteiger charge is -2.17. The number of anilines is 1. The molecule has 1 amide bonds. The lowest BCUT2D eigenvalue weighted by atomic mass is 10.1. The third-order valence-corrected chi connectivity index (χ3v) is 4.18. The molecule has 0 heterocycles. The van der Waals surface area contributed by atoms with E-state index >= 15 is 0 Å². The number of rotatable bonds is 7. The first-order valence-corrected chi connectivity index (χ1v) is 8.39. The van der Waals surface area contributed by atoms with E-state index < -0.39 is 0 Å². The lowest BCUT2D eigenvalue weighted by molar-refractivity contribution is -0.885. The fourth-order valence-corrected chi connectivity index (χ4v) is 2.74. The van der Waals surface area contributed by atoms with Gasteiger partial charge >= 0.3 is 0 Å². The summed E-state index contributed by atoms with van der Waals surface area (Å²) < 4.78 is 10.7. The van der Waals surface area contributed by atoms with E-state index in [1.165, 1.54) is 0 Å². The smallest absolute Gasteiger partial charge is 0.279 e. The number of aryl methyl sites for hydroxylation is 1. The highest BCUT2D eigenvalue weighted by Gasteiger charge is 2.15. The van der Waals surface area contributed by atoms with Gasteiger partial charge in [0.1, 0.15) is 6.54 Å². The zero-order valence-electron chi connectivity index (χ0n) is 15.0. The van der Waals surface area contributed by atoms with Crippen LogP contribution in [0.4, 0.5) is 5.69 Å². The number of carbonyl (C=O) groups is 1. The first kappa shape index (κ1) is 19.1. The minimum atomic E-state index is -0.0436. The van der Waals surface area contributed by atoms with Gasteiger partial charge in [0, 0.05) is 16.3 Å². The van der Waals surface area contributed by atoms with Gasteiger partial charge in [0.2, 0.25) is 0 Å². The number of hydrogen-bond acceptors (Lipinski definition) is 3. The minimum absolute atomic E-state index is 0.0436. The van der Waals surface area contributed by atoms with Gasteiger partial charge in [-0.25, -0.2) is 0 Å². The van der Waals surface area contributed by atoms with Crippen LogP contribution in [0.2, 0.25) is 5.02 Å². The molecular weight excluding hydrogens is 340 g/mol. The van der Waals surface area contributed by atoms with Gasteiger partial charge in [0.05, 0.1) is 21.3 Å². The molecule has 1 unspecified atom stereocenters. The number of methoxy groups -OCH3 is 2. The molecule has 0 aromatic heterocycles. The first-order valence-electron chi connectivity index (χ1n) is 8.01. The number of carbonyl (C=O) groups excluding carboxylic acids is 1. The molecule has 5 nitrogen and oxygen atoms in total. The third kappa shape index (κ3) is 5.37. The topological polar surface area (TPSA) is 52.0 Å². The Morgan fingerprint density at radius 2 is 1.72 bits per heavy atom. The Bertz CT molecular complexity index is 732. The summed E-state index contributed by atoms with van der Waals surface area (Å²) >= 11 is 5.85. The Balaban J connectivity index is 1.98. The maximum atomic E-state index is 12.2. The Labute approximate surface area is 153 Å². The molecule has 0 fully saturated rings. The maximum Gasteiger partial charge on any atom is 0.279 e. The number of amides is 1. The molecule has 0 saturated carbocycles. The van der Waals surface area contributed by atoms with Crippen LogP contribution in [-0.2, 0) is 11.3 Å². The Morgan fingerprint density at radius 1 is 1.12 bits per heavy atom. The quantitative estimate of drug-likeness (QED) is 0.793. The Hall–Kier alpha value is -2.24. The van der Waals surface area contributed by atoms with Crippen molar-refractivity contribution < 1.29 is 19.2 Å². The molecule has 2 rings (SSSR count). The van der Waals surface area contributed by atoms with Crippen molar-refractivity contribution in [3.05, 3.63) is 52.5 Å². The lowest BCUT2D eigenvalue weighted by Crippen LogP contribution is -3.08. The van der Waals surface area contributed by atoms with Crippen LogP contribution in [-0.4, -0.2) is 33.7 Å². The van der Waals surface area contributed by atoms with E-state index in [-0.39, 0.29) is 5.91 Å². The highest BCUT2D eigenvalue weighted by molar-refractivity contribution is 6.30. The van der Waals surface area contributed by atoms with Gasteiger partial charge in [0.15, 0.2) is 18.0 Å². The molecule has 0 aliphatic rings. The number of quaternary nitrogens is 1. The van der Waals surface area contributed by atoms with E-state index in [1.807, 2.05) is 26.1 Å². The van der Waals surface area contributed by atoms with Gasteiger partial charge in [-0.2, -0.15) is 0 Å². The number of likely N-dealkylation sites (N-methyl/N-ethyl adjacent to an activating group) is 1. The maximum absolute atomic E-state index is 12.2. The molecule has 2 N–H and O–H groups in total. The molecule has 134 valence electrons. The van der Waals surface area contributed by atoms with E-state index in [4.69, 9.17) is 21.1 Å². The predicted molar refractivity (Wildman–Crippen MR) is 99.8 cm³/mol. The molecule has 0 bridgehead atoms. The average molecular weight is 364 g/mol. The van der Waals surface area contributed by atoms with Gasteiger partial charge < -0.3 is 19.7 Å². The van der Waals surface area contributed by atoms with Crippen LogP contribution in [0.3, 0.4) is 0 Å². The van der Waals surface area contributed by atoms with E-state index in [0.29, 0.717) is 29.6 Å². The second-order valence-corrected chi connectivity index (χ2v) is 6.44. The van der Waals surface area contributed by atoms with Crippen LogP contribution in [0.5, 0.6) is 11.5 Å². The zero-order chi connectivity index (χ0) is 18.4. The summed E-state index contributed by atoms with van der Waals surface area (Å²) in [6, 6.07) is 11.0. The summed E-state index contributed by atoms with van der Waals surface area (Å²) in [5.41, 5.74) is 2.97. The molecule has 6 heteroatoms. The van der Waals surface area contributed by atoms with E-state index in [9.17, 15) is 4.79 Å². The Kier molecular flexibility index (Phi) is 6.67. The van der Waals surface area contributed by atoms with Crippen molar-refractivity contribution in [2.45, 2.75) is 13.5 Å². The van der Waals surface area contributed by atoms with Crippen molar-refractivity contribution in [2.75, 3.05) is 33.1 Å². The van der Waals surface area contributed by atoms with Gasteiger partial charge in [-0.15, -0.1) is 0 Å². The first-order chi connectivity index (χ1) is 11.9.